The third-order valence-electron chi connectivity index (χ3n) is 9.63. The first-order valence-corrected chi connectivity index (χ1v) is 12.5. The van der Waals surface area contributed by atoms with Crippen molar-refractivity contribution >= 4 is 16.3 Å². The Morgan fingerprint density at radius 2 is 1.97 bits per heavy atom. The maximum absolute atomic E-state index is 12.4. The van der Waals surface area contributed by atoms with E-state index < -0.39 is 11.0 Å². The van der Waals surface area contributed by atoms with Crippen molar-refractivity contribution < 1.29 is 10.2 Å². The van der Waals surface area contributed by atoms with Gasteiger partial charge in [0.1, 0.15) is 5.41 Å². The number of nitrogens with zero attached hydrogens (tertiary/aromatic N) is 2. The summed E-state index contributed by atoms with van der Waals surface area (Å²) >= 11 is 0. The van der Waals surface area contributed by atoms with E-state index in [0.717, 1.165) is 37.5 Å². The Morgan fingerprint density at radius 1 is 1.09 bits per heavy atom. The fraction of sp³-hybridized carbons (Fsp3) is 0.517. The molecule has 2 aromatic rings. The van der Waals surface area contributed by atoms with Crippen LogP contribution >= 0.6 is 0 Å². The molecule has 0 amide bonds. The molecule has 1 heterocycles. The molecule has 2 fully saturated rings. The molecule has 0 aliphatic heterocycles. The molecular weight excluding hydrogens is 408 g/mol. The zero-order chi connectivity index (χ0) is 22.8. The van der Waals surface area contributed by atoms with E-state index in [2.05, 4.69) is 54.4 Å². The van der Waals surface area contributed by atoms with Gasteiger partial charge >= 0.3 is 0 Å². The fourth-order valence-electron chi connectivity index (χ4n) is 7.75. The SMILES string of the molecule is CC12CCC3(C#N)C=C4CC(O)CCC4CC[C@]3(O)C1CC=C2c1ccc2cnccc2c1. The Bertz CT molecular complexity index is 1230. The molecular formula is C29H32N2O2. The maximum Gasteiger partial charge on any atom is 0.105 e. The monoisotopic (exact) mass is 440 g/mol. The van der Waals surface area contributed by atoms with Gasteiger partial charge in [-0.1, -0.05) is 36.8 Å². The van der Waals surface area contributed by atoms with Crippen LogP contribution in [0.1, 0.15) is 63.9 Å². The predicted octanol–water partition coefficient (Wildman–Crippen LogP) is 5.56. The van der Waals surface area contributed by atoms with Gasteiger partial charge in [-0.05, 0) is 91.4 Å². The predicted molar refractivity (Wildman–Crippen MR) is 129 cm³/mol. The summed E-state index contributed by atoms with van der Waals surface area (Å²) in [6.45, 7) is 2.31. The second kappa shape index (κ2) is 7.26. The zero-order valence-corrected chi connectivity index (χ0v) is 19.3. The highest BCUT2D eigenvalue weighted by molar-refractivity contribution is 5.87. The minimum absolute atomic E-state index is 0.0171. The van der Waals surface area contributed by atoms with Crippen molar-refractivity contribution in [2.45, 2.75) is 70.0 Å². The van der Waals surface area contributed by atoms with Crippen LogP contribution in [0.3, 0.4) is 0 Å². The molecule has 1 aromatic heterocycles. The van der Waals surface area contributed by atoms with Crippen LogP contribution in [0.25, 0.3) is 16.3 Å². The second-order valence-electron chi connectivity index (χ2n) is 11.2. The van der Waals surface area contributed by atoms with Crippen LogP contribution in [-0.2, 0) is 0 Å². The van der Waals surface area contributed by atoms with Crippen LogP contribution in [0, 0.1) is 34.0 Å². The number of aromatic nitrogens is 1. The number of aliphatic hydroxyl groups excluding tert-OH is 1. The van der Waals surface area contributed by atoms with Crippen molar-refractivity contribution in [3.8, 4) is 6.07 Å². The minimum Gasteiger partial charge on any atom is -0.393 e. The molecule has 2 saturated carbocycles. The number of allylic oxidation sites excluding steroid dienone is 2. The molecule has 1 aromatic carbocycles. The highest BCUT2D eigenvalue weighted by Crippen LogP contribution is 2.66. The lowest BCUT2D eigenvalue weighted by atomic mass is 9.49. The van der Waals surface area contributed by atoms with Gasteiger partial charge in [0, 0.05) is 23.7 Å². The zero-order valence-electron chi connectivity index (χ0n) is 19.3. The van der Waals surface area contributed by atoms with Gasteiger partial charge in [-0.15, -0.1) is 0 Å². The second-order valence-corrected chi connectivity index (χ2v) is 11.2. The molecule has 6 rings (SSSR count). The number of pyridine rings is 1. The number of fused-ring (bicyclic) bond motifs is 5. The van der Waals surface area contributed by atoms with Crippen LogP contribution in [-0.4, -0.2) is 26.9 Å². The van der Waals surface area contributed by atoms with E-state index in [1.54, 1.807) is 0 Å². The van der Waals surface area contributed by atoms with Crippen LogP contribution in [0.2, 0.25) is 0 Å². The number of hydrogen-bond donors (Lipinski definition) is 2. The van der Waals surface area contributed by atoms with E-state index in [-0.39, 0.29) is 17.4 Å². The molecule has 0 spiro atoms. The summed E-state index contributed by atoms with van der Waals surface area (Å²) < 4.78 is 0. The van der Waals surface area contributed by atoms with E-state index in [4.69, 9.17) is 0 Å². The average molecular weight is 441 g/mol. The van der Waals surface area contributed by atoms with Gasteiger partial charge in [0.05, 0.1) is 17.8 Å². The quantitative estimate of drug-likeness (QED) is 0.569. The van der Waals surface area contributed by atoms with E-state index >= 15 is 0 Å². The Hall–Kier alpha value is -2.48. The molecule has 4 aliphatic carbocycles. The molecule has 5 unspecified atom stereocenters. The number of aliphatic hydroxyl groups is 2. The Morgan fingerprint density at radius 3 is 2.82 bits per heavy atom. The summed E-state index contributed by atoms with van der Waals surface area (Å²) in [6.07, 6.45) is 14.2. The van der Waals surface area contributed by atoms with Crippen molar-refractivity contribution in [1.29, 1.82) is 5.26 Å². The molecule has 4 aliphatic rings. The highest BCUT2D eigenvalue weighted by Gasteiger charge is 2.65. The van der Waals surface area contributed by atoms with E-state index in [1.165, 1.54) is 22.1 Å². The van der Waals surface area contributed by atoms with Crippen molar-refractivity contribution in [2.24, 2.45) is 22.7 Å². The fourth-order valence-corrected chi connectivity index (χ4v) is 7.75. The van der Waals surface area contributed by atoms with Gasteiger partial charge in [-0.25, -0.2) is 0 Å². The normalized spacial score (nSPS) is 40.0. The van der Waals surface area contributed by atoms with Gasteiger partial charge in [-0.3, -0.25) is 4.98 Å². The van der Waals surface area contributed by atoms with E-state index in [0.29, 0.717) is 25.2 Å². The van der Waals surface area contributed by atoms with Crippen molar-refractivity contribution in [3.63, 3.8) is 0 Å². The topological polar surface area (TPSA) is 77.1 Å². The Kier molecular flexibility index (Phi) is 4.64. The van der Waals surface area contributed by atoms with Gasteiger partial charge < -0.3 is 10.2 Å². The molecule has 6 atom stereocenters. The summed E-state index contributed by atoms with van der Waals surface area (Å²) in [4.78, 5) is 4.24. The lowest BCUT2D eigenvalue weighted by Gasteiger charge is -2.56. The summed E-state index contributed by atoms with van der Waals surface area (Å²) in [6, 6.07) is 11.2. The first-order valence-electron chi connectivity index (χ1n) is 12.5. The third kappa shape index (κ3) is 2.92. The number of nitriles is 1. The number of rotatable bonds is 1. The van der Waals surface area contributed by atoms with Gasteiger partial charge in [0.2, 0.25) is 0 Å². The van der Waals surface area contributed by atoms with Crippen molar-refractivity contribution in [1.82, 2.24) is 4.98 Å². The Labute approximate surface area is 195 Å². The molecule has 0 radical (unpaired) electrons. The van der Waals surface area contributed by atoms with E-state index in [9.17, 15) is 15.5 Å². The number of benzene rings is 1. The average Bonchev–Trinajstić information content (AvgIpc) is 3.12. The molecule has 170 valence electrons. The van der Waals surface area contributed by atoms with Gasteiger partial charge in [-0.2, -0.15) is 5.26 Å². The summed E-state index contributed by atoms with van der Waals surface area (Å²) in [5.41, 5.74) is 1.67. The Balaban J connectivity index is 1.41. The molecule has 4 heteroatoms. The molecule has 4 nitrogen and oxygen atoms in total. The van der Waals surface area contributed by atoms with E-state index in [1.807, 2.05) is 12.4 Å². The van der Waals surface area contributed by atoms with Crippen molar-refractivity contribution in [3.05, 3.63) is 59.9 Å². The van der Waals surface area contributed by atoms with Crippen LogP contribution in [0.5, 0.6) is 0 Å². The smallest absolute Gasteiger partial charge is 0.105 e. The van der Waals surface area contributed by atoms with Crippen LogP contribution in [0.15, 0.2) is 54.4 Å². The van der Waals surface area contributed by atoms with Gasteiger partial charge in [0.15, 0.2) is 0 Å². The minimum atomic E-state index is -1.05. The van der Waals surface area contributed by atoms with Crippen LogP contribution in [0.4, 0.5) is 0 Å². The number of hydrogen-bond acceptors (Lipinski definition) is 4. The standard InChI is InChI=1S/C29H32N2O2/c1-27-11-12-28(18-30)16-23-15-24(32)5-4-19(23)8-10-29(28,33)26(27)7-6-25(27)21-2-3-22-17-31-13-9-20(22)14-21/h2-3,6,9,13-14,16-17,19,24,26,32-33H,4-5,7-8,10-12,15H2,1H3/t19?,24?,26?,27?,28?,29-/m0/s1. The summed E-state index contributed by atoms with van der Waals surface area (Å²) in [5, 5.41) is 35.5. The molecule has 33 heavy (non-hydrogen) atoms. The first-order chi connectivity index (χ1) is 15.9. The first kappa shape index (κ1) is 21.1. The van der Waals surface area contributed by atoms with Gasteiger partial charge in [0.25, 0.3) is 0 Å². The largest absolute Gasteiger partial charge is 0.393 e. The van der Waals surface area contributed by atoms with Crippen molar-refractivity contribution in [2.75, 3.05) is 0 Å². The lowest BCUT2D eigenvalue weighted by Crippen LogP contribution is -2.59. The molecule has 0 saturated heterocycles. The summed E-state index contributed by atoms with van der Waals surface area (Å²) in [7, 11) is 0. The lowest BCUT2D eigenvalue weighted by molar-refractivity contribution is -0.143. The summed E-state index contributed by atoms with van der Waals surface area (Å²) in [5.74, 6) is 0.408. The van der Waals surface area contributed by atoms with Crippen LogP contribution < -0.4 is 0 Å². The highest BCUT2D eigenvalue weighted by atomic mass is 16.3. The molecule has 2 N–H and O–H groups in total. The molecule has 0 bridgehead atoms. The third-order valence-corrected chi connectivity index (χ3v) is 9.63. The maximum atomic E-state index is 12.4.